The maximum Gasteiger partial charge on any atom is 0.354 e. The lowest BCUT2D eigenvalue weighted by atomic mass is 9.99. The Morgan fingerprint density at radius 2 is 2.23 bits per heavy atom. The van der Waals surface area contributed by atoms with E-state index in [1.807, 2.05) is 0 Å². The zero-order valence-corrected chi connectivity index (χ0v) is 17.9. The Hall–Kier alpha value is -2.50. The van der Waals surface area contributed by atoms with E-state index in [1.54, 1.807) is 7.11 Å². The fraction of sp³-hybridized carbons (Fsp3) is 0.500. The Balaban J connectivity index is 1.45. The number of rotatable bonds is 3. The summed E-state index contributed by atoms with van der Waals surface area (Å²) < 4.78 is 43.3. The van der Waals surface area contributed by atoms with Crippen molar-refractivity contribution in [2.24, 2.45) is 9.50 Å². The zero-order valence-electron chi connectivity index (χ0n) is 17.1. The minimum absolute atomic E-state index is 0.0598. The topological polar surface area (TPSA) is 121 Å². The van der Waals surface area contributed by atoms with Gasteiger partial charge in [0.05, 0.1) is 12.7 Å². The van der Waals surface area contributed by atoms with Crippen LogP contribution in [0.2, 0.25) is 0 Å². The van der Waals surface area contributed by atoms with Gasteiger partial charge >= 0.3 is 6.03 Å². The summed E-state index contributed by atoms with van der Waals surface area (Å²) in [6.45, 7) is 0.670. The number of hydrogen-bond acceptors (Lipinski definition) is 5. The second-order valence-electron chi connectivity index (χ2n) is 8.14. The number of aromatic nitrogens is 2. The van der Waals surface area contributed by atoms with Gasteiger partial charge in [0, 0.05) is 25.6 Å². The van der Waals surface area contributed by atoms with E-state index in [4.69, 9.17) is 14.6 Å². The molecule has 166 valence electrons. The van der Waals surface area contributed by atoms with Gasteiger partial charge in [0.25, 0.3) is 0 Å². The highest BCUT2D eigenvalue weighted by molar-refractivity contribution is 7.91. The number of carbonyl (C=O) groups excluding carboxylic acids is 1. The van der Waals surface area contributed by atoms with E-state index in [9.17, 15) is 13.4 Å². The minimum atomic E-state index is -3.60. The predicted octanol–water partition coefficient (Wildman–Crippen LogP) is 2.15. The van der Waals surface area contributed by atoms with Gasteiger partial charge in [0.1, 0.15) is 23.8 Å². The number of nitrogens with zero attached hydrogens (tertiary/aromatic N) is 3. The number of anilines is 1. The number of carbonyl (C=O) groups is 1. The van der Waals surface area contributed by atoms with Gasteiger partial charge in [-0.2, -0.15) is 5.10 Å². The third-order valence-corrected chi connectivity index (χ3v) is 7.46. The van der Waals surface area contributed by atoms with Crippen molar-refractivity contribution < 1.29 is 22.9 Å². The molecule has 31 heavy (non-hydrogen) atoms. The first-order valence-electron chi connectivity index (χ1n) is 10.2. The molecule has 9 nitrogen and oxygen atoms in total. The fourth-order valence-electron chi connectivity index (χ4n) is 4.65. The molecule has 3 N–H and O–H groups in total. The maximum absolute atomic E-state index is 14.1. The Bertz CT molecular complexity index is 1190. The van der Waals surface area contributed by atoms with E-state index in [-0.39, 0.29) is 29.9 Å². The molecule has 3 aliphatic rings. The van der Waals surface area contributed by atoms with Gasteiger partial charge in [-0.1, -0.05) is 6.07 Å². The molecule has 1 aromatic heterocycles. The van der Waals surface area contributed by atoms with E-state index in [0.717, 1.165) is 41.5 Å². The summed E-state index contributed by atoms with van der Waals surface area (Å²) in [5.74, 6) is 0.221. The molecule has 0 saturated carbocycles. The third-order valence-electron chi connectivity index (χ3n) is 6.11. The number of fused-ring (bicyclic) bond motifs is 3. The summed E-state index contributed by atoms with van der Waals surface area (Å²) in [7, 11) is -2.03. The Kier molecular flexibility index (Phi) is 4.98. The van der Waals surface area contributed by atoms with Crippen molar-refractivity contribution in [1.29, 1.82) is 0 Å². The lowest BCUT2D eigenvalue weighted by Crippen LogP contribution is -2.32. The summed E-state index contributed by atoms with van der Waals surface area (Å²) in [6, 6.07) is 1.22. The lowest BCUT2D eigenvalue weighted by molar-refractivity contribution is 0.0165. The van der Waals surface area contributed by atoms with Gasteiger partial charge in [-0.15, -0.1) is 4.36 Å². The Morgan fingerprint density at radius 1 is 1.39 bits per heavy atom. The molecule has 5 rings (SSSR count). The van der Waals surface area contributed by atoms with Crippen molar-refractivity contribution in [3.05, 3.63) is 34.5 Å². The number of amides is 2. The highest BCUT2D eigenvalue weighted by atomic mass is 32.2. The predicted molar refractivity (Wildman–Crippen MR) is 111 cm³/mol. The van der Waals surface area contributed by atoms with Crippen molar-refractivity contribution in [2.75, 3.05) is 19.0 Å². The van der Waals surface area contributed by atoms with Crippen LogP contribution in [0.1, 0.15) is 28.7 Å². The number of nitrogens with one attached hydrogen (secondary N) is 1. The first kappa shape index (κ1) is 20.4. The molecule has 11 heteroatoms. The van der Waals surface area contributed by atoms with E-state index in [2.05, 4.69) is 20.8 Å². The molecular weight excluding hydrogens is 425 g/mol. The molecule has 0 spiro atoms. The number of hydrogen-bond donors (Lipinski definition) is 2. The number of aryl methyl sites for hydroxylation is 1. The molecule has 1 aromatic carbocycles. The highest BCUT2D eigenvalue weighted by Gasteiger charge is 2.31. The maximum atomic E-state index is 14.1. The number of alkyl halides is 1. The molecule has 2 heterocycles. The van der Waals surface area contributed by atoms with Gasteiger partial charge in [-0.25, -0.2) is 23.2 Å². The van der Waals surface area contributed by atoms with Crippen LogP contribution < -0.4 is 15.2 Å². The molecule has 1 aliphatic heterocycles. The first-order chi connectivity index (χ1) is 14.9. The van der Waals surface area contributed by atoms with Crippen molar-refractivity contribution in [2.45, 2.75) is 55.8 Å². The number of methoxy groups -OCH3 is 1. The van der Waals surface area contributed by atoms with Crippen LogP contribution in [0.25, 0.3) is 0 Å². The zero-order chi connectivity index (χ0) is 21.8. The quantitative estimate of drug-likeness (QED) is 0.744. The molecule has 3 atom stereocenters. The number of ether oxygens (including phenoxy) is 2. The van der Waals surface area contributed by atoms with Crippen molar-refractivity contribution in [1.82, 2.24) is 9.78 Å². The smallest absolute Gasteiger partial charge is 0.354 e. The average Bonchev–Trinajstić information content (AvgIpc) is 3.44. The van der Waals surface area contributed by atoms with Gasteiger partial charge < -0.3 is 14.8 Å². The van der Waals surface area contributed by atoms with Crippen molar-refractivity contribution in [3.8, 4) is 5.88 Å². The SMILES string of the molecule is CO[C@@H]1COc2c([S@](N)(=O)=NC(=O)Nc3c4c(cc5c3C[C@@H](F)C5)CCC4)cnn2C1. The molecule has 0 fully saturated rings. The highest BCUT2D eigenvalue weighted by Crippen LogP contribution is 2.39. The second kappa shape index (κ2) is 7.57. The second-order valence-corrected chi connectivity index (χ2v) is 9.90. The lowest BCUT2D eigenvalue weighted by Gasteiger charge is -2.23. The van der Waals surface area contributed by atoms with Crippen LogP contribution in [0.3, 0.4) is 0 Å². The first-order valence-corrected chi connectivity index (χ1v) is 11.8. The van der Waals surface area contributed by atoms with Crippen molar-refractivity contribution >= 4 is 21.6 Å². The van der Waals surface area contributed by atoms with E-state index >= 15 is 0 Å². The third kappa shape index (κ3) is 3.60. The fourth-order valence-corrected chi connectivity index (χ4v) is 5.65. The Labute approximate surface area is 179 Å². The average molecular weight is 450 g/mol. The summed E-state index contributed by atoms with van der Waals surface area (Å²) in [5.41, 5.74) is 4.46. The molecule has 0 radical (unpaired) electrons. The van der Waals surface area contributed by atoms with Gasteiger partial charge in [0.2, 0.25) is 5.88 Å². The number of benzene rings is 1. The van der Waals surface area contributed by atoms with Crippen LogP contribution in [0.5, 0.6) is 5.88 Å². The molecule has 2 aromatic rings. The monoisotopic (exact) mass is 449 g/mol. The minimum Gasteiger partial charge on any atom is -0.474 e. The molecular formula is C20H24FN5O4S. The van der Waals surface area contributed by atoms with E-state index in [0.29, 0.717) is 18.7 Å². The number of urea groups is 1. The van der Waals surface area contributed by atoms with Crippen LogP contribution in [-0.4, -0.2) is 46.0 Å². The van der Waals surface area contributed by atoms with Gasteiger partial charge in [-0.05, 0) is 41.5 Å². The van der Waals surface area contributed by atoms with E-state index < -0.39 is 22.1 Å². The van der Waals surface area contributed by atoms with Gasteiger partial charge in [-0.3, -0.25) is 0 Å². The van der Waals surface area contributed by atoms with Crippen LogP contribution in [0.15, 0.2) is 21.5 Å². The number of halogens is 1. The molecule has 0 bridgehead atoms. The summed E-state index contributed by atoms with van der Waals surface area (Å²) >= 11 is 0. The summed E-state index contributed by atoms with van der Waals surface area (Å²) in [4.78, 5) is 12.8. The normalized spacial score (nSPS) is 23.3. The van der Waals surface area contributed by atoms with E-state index in [1.165, 1.54) is 10.9 Å². The molecule has 0 saturated heterocycles. The summed E-state index contributed by atoms with van der Waals surface area (Å²) in [6.07, 6.45) is 3.44. The molecule has 2 aliphatic carbocycles. The molecule has 0 unspecified atom stereocenters. The van der Waals surface area contributed by atoms with Crippen LogP contribution in [0, 0.1) is 0 Å². The van der Waals surface area contributed by atoms with Crippen LogP contribution >= 0.6 is 0 Å². The Morgan fingerprint density at radius 3 is 3.03 bits per heavy atom. The van der Waals surface area contributed by atoms with Gasteiger partial charge in [0.15, 0.2) is 9.92 Å². The number of nitrogens with two attached hydrogens (primary N) is 1. The van der Waals surface area contributed by atoms with Crippen molar-refractivity contribution in [3.63, 3.8) is 0 Å². The standard InChI is InChI=1S/C20H24FN5O4S/c1-29-14-9-26-19(30-10-14)17(8-23-26)31(22,28)25-20(27)24-18-15-4-2-3-11(15)5-12-6-13(21)7-16(12)18/h5,8,13-14H,2-4,6-7,9-10H2,1H3,(H3,22,24,25,27,28)/t13-,14-,31+/m0/s1. The van der Waals surface area contributed by atoms with Crippen LogP contribution in [0.4, 0.5) is 14.9 Å². The summed E-state index contributed by atoms with van der Waals surface area (Å²) in [5, 5.41) is 12.8. The van der Waals surface area contributed by atoms with Crippen LogP contribution in [-0.2, 0) is 46.9 Å². The molecule has 2 amide bonds. The largest absolute Gasteiger partial charge is 0.474 e.